The number of rotatable bonds is 6. The molecule has 0 aliphatic heterocycles. The van der Waals surface area contributed by atoms with E-state index in [0.29, 0.717) is 17.4 Å². The number of nitrogens with one attached hydrogen (secondary N) is 2. The van der Waals surface area contributed by atoms with Gasteiger partial charge >= 0.3 is 0 Å². The zero-order valence-electron chi connectivity index (χ0n) is 15.7. The van der Waals surface area contributed by atoms with E-state index in [0.717, 1.165) is 16.1 Å². The van der Waals surface area contributed by atoms with Crippen LogP contribution in [0, 0.1) is 6.92 Å². The van der Waals surface area contributed by atoms with Crippen molar-refractivity contribution in [3.05, 3.63) is 54.4 Å². The van der Waals surface area contributed by atoms with E-state index in [9.17, 15) is 9.59 Å². The normalized spacial score (nSPS) is 11.7. The van der Waals surface area contributed by atoms with Gasteiger partial charge in [-0.2, -0.15) is 4.98 Å². The van der Waals surface area contributed by atoms with Crippen molar-refractivity contribution in [1.29, 1.82) is 0 Å². The summed E-state index contributed by atoms with van der Waals surface area (Å²) < 4.78 is 5.00. The number of hydrogen-bond acceptors (Lipinski definition) is 6. The molecule has 1 unspecified atom stereocenters. The third-order valence-electron chi connectivity index (χ3n) is 3.77. The number of hydrogen-bond donors (Lipinski definition) is 2. The third-order valence-corrected chi connectivity index (χ3v) is 4.88. The van der Waals surface area contributed by atoms with Crippen LogP contribution in [0.3, 0.4) is 0 Å². The SMILES string of the molecule is CC(=O)Nc1ccc(SC(C)C(=O)Nc2cccc(-c3noc(C)n3)c2)cc1. The summed E-state index contributed by atoms with van der Waals surface area (Å²) in [6.45, 7) is 5.03. The van der Waals surface area contributed by atoms with Crippen molar-refractivity contribution < 1.29 is 14.1 Å². The van der Waals surface area contributed by atoms with E-state index in [2.05, 4.69) is 20.8 Å². The number of aryl methyl sites for hydroxylation is 1. The predicted octanol–water partition coefficient (Wildman–Crippen LogP) is 4.12. The fourth-order valence-electron chi connectivity index (χ4n) is 2.47. The number of benzene rings is 2. The Labute approximate surface area is 166 Å². The first-order valence-corrected chi connectivity index (χ1v) is 9.54. The highest BCUT2D eigenvalue weighted by Crippen LogP contribution is 2.26. The molecule has 0 saturated carbocycles. The maximum Gasteiger partial charge on any atom is 0.237 e. The molecule has 28 heavy (non-hydrogen) atoms. The van der Waals surface area contributed by atoms with Crippen LogP contribution in [-0.4, -0.2) is 27.2 Å². The number of thioether (sulfide) groups is 1. The molecular formula is C20H20N4O3S. The van der Waals surface area contributed by atoms with Gasteiger partial charge in [-0.3, -0.25) is 9.59 Å². The quantitative estimate of drug-likeness (QED) is 0.608. The highest BCUT2D eigenvalue weighted by atomic mass is 32.2. The van der Waals surface area contributed by atoms with Gasteiger partial charge in [0.05, 0.1) is 5.25 Å². The van der Waals surface area contributed by atoms with Crippen LogP contribution in [-0.2, 0) is 9.59 Å². The standard InChI is InChI=1S/C20H20N4O3S/c1-12(28-18-9-7-16(8-10-18)21-13(2)25)20(26)23-17-6-4-5-15(11-17)19-22-14(3)27-24-19/h4-12H,1-3H3,(H,21,25)(H,23,26). The van der Waals surface area contributed by atoms with E-state index >= 15 is 0 Å². The Morgan fingerprint density at radius 2 is 1.82 bits per heavy atom. The Bertz CT molecular complexity index is 985. The average Bonchev–Trinajstić information content (AvgIpc) is 3.09. The van der Waals surface area contributed by atoms with E-state index < -0.39 is 0 Å². The van der Waals surface area contributed by atoms with Gasteiger partial charge in [-0.25, -0.2) is 0 Å². The van der Waals surface area contributed by atoms with Gasteiger partial charge in [-0.05, 0) is 43.3 Å². The molecule has 1 atom stereocenters. The first kappa shape index (κ1) is 19.6. The summed E-state index contributed by atoms with van der Waals surface area (Å²) in [6, 6.07) is 14.7. The predicted molar refractivity (Wildman–Crippen MR) is 109 cm³/mol. The first-order chi connectivity index (χ1) is 13.4. The van der Waals surface area contributed by atoms with Gasteiger partial charge in [0.15, 0.2) is 0 Å². The molecule has 0 aliphatic rings. The fraction of sp³-hybridized carbons (Fsp3) is 0.200. The van der Waals surface area contributed by atoms with Gasteiger partial charge < -0.3 is 15.2 Å². The molecule has 2 aromatic carbocycles. The molecule has 1 heterocycles. The Kier molecular flexibility index (Phi) is 6.10. The zero-order chi connectivity index (χ0) is 20.1. The van der Waals surface area contributed by atoms with Crippen molar-refractivity contribution in [3.8, 4) is 11.4 Å². The summed E-state index contributed by atoms with van der Waals surface area (Å²) in [5.41, 5.74) is 2.16. The maximum absolute atomic E-state index is 12.5. The van der Waals surface area contributed by atoms with Gasteiger partial charge in [-0.1, -0.05) is 17.3 Å². The minimum absolute atomic E-state index is 0.114. The second-order valence-electron chi connectivity index (χ2n) is 6.17. The van der Waals surface area contributed by atoms with Crippen molar-refractivity contribution in [3.63, 3.8) is 0 Å². The van der Waals surface area contributed by atoms with E-state index in [1.54, 1.807) is 6.92 Å². The van der Waals surface area contributed by atoms with Crippen LogP contribution >= 0.6 is 11.8 Å². The third kappa shape index (κ3) is 5.20. The summed E-state index contributed by atoms with van der Waals surface area (Å²) in [7, 11) is 0. The molecular weight excluding hydrogens is 376 g/mol. The van der Waals surface area contributed by atoms with Crippen LogP contribution in [0.4, 0.5) is 11.4 Å². The summed E-state index contributed by atoms with van der Waals surface area (Å²) in [6.07, 6.45) is 0. The molecule has 3 rings (SSSR count). The summed E-state index contributed by atoms with van der Waals surface area (Å²) in [5, 5.41) is 9.22. The molecule has 7 nitrogen and oxygen atoms in total. The van der Waals surface area contributed by atoms with Crippen LogP contribution in [0.15, 0.2) is 57.9 Å². The topological polar surface area (TPSA) is 97.1 Å². The van der Waals surface area contributed by atoms with Gasteiger partial charge in [0.1, 0.15) is 0 Å². The largest absolute Gasteiger partial charge is 0.339 e. The van der Waals surface area contributed by atoms with Crippen molar-refractivity contribution in [2.24, 2.45) is 0 Å². The molecule has 1 aromatic heterocycles. The first-order valence-electron chi connectivity index (χ1n) is 8.66. The van der Waals surface area contributed by atoms with Crippen LogP contribution in [0.1, 0.15) is 19.7 Å². The summed E-state index contributed by atoms with van der Waals surface area (Å²) in [4.78, 5) is 28.7. The fourth-order valence-corrected chi connectivity index (χ4v) is 3.34. The molecule has 0 bridgehead atoms. The number of nitrogens with zero attached hydrogens (tertiary/aromatic N) is 2. The Morgan fingerprint density at radius 3 is 2.46 bits per heavy atom. The van der Waals surface area contributed by atoms with Crippen LogP contribution < -0.4 is 10.6 Å². The monoisotopic (exact) mass is 396 g/mol. The summed E-state index contributed by atoms with van der Waals surface area (Å²) in [5.74, 6) is 0.734. The summed E-state index contributed by atoms with van der Waals surface area (Å²) >= 11 is 1.44. The second kappa shape index (κ2) is 8.71. The van der Waals surface area contributed by atoms with E-state index in [4.69, 9.17) is 4.52 Å². The minimum Gasteiger partial charge on any atom is -0.339 e. The number of carbonyl (C=O) groups is 2. The molecule has 3 aromatic rings. The molecule has 144 valence electrons. The van der Waals surface area contributed by atoms with Crippen molar-refractivity contribution >= 4 is 35.0 Å². The highest BCUT2D eigenvalue weighted by molar-refractivity contribution is 8.00. The lowest BCUT2D eigenvalue weighted by Gasteiger charge is -2.13. The number of carbonyl (C=O) groups excluding carboxylic acids is 2. The average molecular weight is 396 g/mol. The molecule has 0 aliphatic carbocycles. The lowest BCUT2D eigenvalue weighted by Crippen LogP contribution is -2.22. The number of amides is 2. The smallest absolute Gasteiger partial charge is 0.237 e. The molecule has 0 radical (unpaired) electrons. The lowest BCUT2D eigenvalue weighted by molar-refractivity contribution is -0.115. The van der Waals surface area contributed by atoms with Gasteiger partial charge in [0, 0.05) is 35.7 Å². The molecule has 0 saturated heterocycles. The zero-order valence-corrected chi connectivity index (χ0v) is 16.5. The van der Waals surface area contributed by atoms with Crippen LogP contribution in [0.5, 0.6) is 0 Å². The Morgan fingerprint density at radius 1 is 1.07 bits per heavy atom. The molecule has 2 amide bonds. The molecule has 2 N–H and O–H groups in total. The Hall–Kier alpha value is -3.13. The number of aromatic nitrogens is 2. The maximum atomic E-state index is 12.5. The van der Waals surface area contributed by atoms with E-state index in [1.165, 1.54) is 18.7 Å². The van der Waals surface area contributed by atoms with E-state index in [1.807, 2.05) is 55.5 Å². The molecule has 0 spiro atoms. The van der Waals surface area contributed by atoms with Gasteiger partial charge in [-0.15, -0.1) is 11.8 Å². The molecule has 0 fully saturated rings. The van der Waals surface area contributed by atoms with Crippen molar-refractivity contribution in [2.75, 3.05) is 10.6 Å². The number of anilines is 2. The van der Waals surface area contributed by atoms with Crippen LogP contribution in [0.2, 0.25) is 0 Å². The highest BCUT2D eigenvalue weighted by Gasteiger charge is 2.15. The second-order valence-corrected chi connectivity index (χ2v) is 7.59. The van der Waals surface area contributed by atoms with E-state index in [-0.39, 0.29) is 17.1 Å². The van der Waals surface area contributed by atoms with Crippen LogP contribution in [0.25, 0.3) is 11.4 Å². The minimum atomic E-state index is -0.303. The lowest BCUT2D eigenvalue weighted by atomic mass is 10.2. The van der Waals surface area contributed by atoms with Crippen molar-refractivity contribution in [1.82, 2.24) is 10.1 Å². The molecule has 8 heteroatoms. The van der Waals surface area contributed by atoms with Gasteiger partial charge in [0.2, 0.25) is 23.5 Å². The Balaban J connectivity index is 1.62. The van der Waals surface area contributed by atoms with Gasteiger partial charge in [0.25, 0.3) is 0 Å². The van der Waals surface area contributed by atoms with Crippen molar-refractivity contribution in [2.45, 2.75) is 30.9 Å².